The largest absolute Gasteiger partial charge is 0.321 e. The summed E-state index contributed by atoms with van der Waals surface area (Å²) in [5, 5.41) is 0.447. The number of benzene rings is 1. The average Bonchev–Trinajstić information content (AvgIpc) is 2.78. The molecule has 0 amide bonds. The summed E-state index contributed by atoms with van der Waals surface area (Å²) in [7, 11) is 0. The maximum atomic E-state index is 13.6. The fourth-order valence-corrected chi connectivity index (χ4v) is 1.83. The second-order valence-electron chi connectivity index (χ2n) is 3.71. The van der Waals surface area contributed by atoms with Crippen LogP contribution in [0.2, 0.25) is 5.02 Å². The molecule has 0 aliphatic heterocycles. The van der Waals surface area contributed by atoms with Gasteiger partial charge in [-0.25, -0.2) is 4.39 Å². The first-order valence-electron chi connectivity index (χ1n) is 4.28. The van der Waals surface area contributed by atoms with Gasteiger partial charge in [-0.1, -0.05) is 17.7 Å². The number of hydrogen-bond acceptors (Lipinski definition) is 1. The van der Waals surface area contributed by atoms with Gasteiger partial charge < -0.3 is 5.73 Å². The van der Waals surface area contributed by atoms with Gasteiger partial charge in [0.2, 0.25) is 0 Å². The highest BCUT2D eigenvalue weighted by Gasteiger charge is 2.43. The monoisotopic (exact) mass is 199 g/mol. The van der Waals surface area contributed by atoms with E-state index in [0.717, 1.165) is 12.8 Å². The van der Waals surface area contributed by atoms with Crippen molar-refractivity contribution >= 4 is 11.6 Å². The van der Waals surface area contributed by atoms with Gasteiger partial charge in [0.15, 0.2) is 0 Å². The maximum absolute atomic E-state index is 13.6. The maximum Gasteiger partial charge on any atom is 0.132 e. The summed E-state index contributed by atoms with van der Waals surface area (Å²) < 4.78 is 13.6. The van der Waals surface area contributed by atoms with Crippen LogP contribution in [0.5, 0.6) is 0 Å². The van der Waals surface area contributed by atoms with E-state index in [1.54, 1.807) is 19.1 Å². The highest BCUT2D eigenvalue weighted by molar-refractivity contribution is 6.31. The molecule has 0 saturated heterocycles. The summed E-state index contributed by atoms with van der Waals surface area (Å²) in [5.74, 6) is -0.243. The van der Waals surface area contributed by atoms with Crippen LogP contribution < -0.4 is 5.73 Å². The minimum absolute atomic E-state index is 0.243. The van der Waals surface area contributed by atoms with Crippen molar-refractivity contribution in [1.29, 1.82) is 0 Å². The summed E-state index contributed by atoms with van der Waals surface area (Å²) >= 11 is 5.91. The lowest BCUT2D eigenvalue weighted by molar-refractivity contribution is 0.571. The lowest BCUT2D eigenvalue weighted by Crippen LogP contribution is -2.21. The average molecular weight is 200 g/mol. The van der Waals surface area contributed by atoms with E-state index in [1.165, 1.54) is 0 Å². The normalized spacial score (nSPS) is 18.8. The number of rotatable bonds is 1. The Hall–Kier alpha value is -0.600. The molecule has 0 atom stereocenters. The molecule has 70 valence electrons. The number of nitrogens with two attached hydrogens (primary N) is 1. The van der Waals surface area contributed by atoms with Gasteiger partial charge in [-0.15, -0.1) is 0 Å². The van der Waals surface area contributed by atoms with Gasteiger partial charge in [0.25, 0.3) is 0 Å². The van der Waals surface area contributed by atoms with Gasteiger partial charge in [-0.3, -0.25) is 0 Å². The summed E-state index contributed by atoms with van der Waals surface area (Å²) in [6.07, 6.45) is 1.65. The molecule has 1 aromatic rings. The Kier molecular flexibility index (Phi) is 1.86. The second-order valence-corrected chi connectivity index (χ2v) is 4.12. The van der Waals surface area contributed by atoms with E-state index >= 15 is 0 Å². The molecule has 2 N–H and O–H groups in total. The van der Waals surface area contributed by atoms with Crippen molar-refractivity contribution in [1.82, 2.24) is 0 Å². The van der Waals surface area contributed by atoms with Crippen LogP contribution in [0.1, 0.15) is 24.0 Å². The first-order valence-corrected chi connectivity index (χ1v) is 4.66. The van der Waals surface area contributed by atoms with Crippen LogP contribution in [0.25, 0.3) is 0 Å². The van der Waals surface area contributed by atoms with E-state index in [4.69, 9.17) is 17.3 Å². The van der Waals surface area contributed by atoms with Gasteiger partial charge in [-0.2, -0.15) is 0 Å². The first kappa shape index (κ1) is 8.97. The van der Waals surface area contributed by atoms with Crippen molar-refractivity contribution in [2.24, 2.45) is 5.73 Å². The van der Waals surface area contributed by atoms with Gasteiger partial charge in [0, 0.05) is 16.1 Å². The summed E-state index contributed by atoms with van der Waals surface area (Å²) in [6, 6.07) is 3.38. The van der Waals surface area contributed by atoms with Crippen molar-refractivity contribution in [2.45, 2.75) is 25.3 Å². The molecular formula is C10H11ClFN. The third-order valence-electron chi connectivity index (χ3n) is 2.57. The summed E-state index contributed by atoms with van der Waals surface area (Å²) in [4.78, 5) is 0. The van der Waals surface area contributed by atoms with Crippen LogP contribution in [0, 0.1) is 12.7 Å². The van der Waals surface area contributed by atoms with Crippen LogP contribution >= 0.6 is 11.6 Å². The zero-order chi connectivity index (χ0) is 9.64. The summed E-state index contributed by atoms with van der Waals surface area (Å²) in [6.45, 7) is 1.72. The lowest BCUT2D eigenvalue weighted by Gasteiger charge is -2.13. The van der Waals surface area contributed by atoms with E-state index in [1.807, 2.05) is 0 Å². The Morgan fingerprint density at radius 2 is 2.08 bits per heavy atom. The third-order valence-corrected chi connectivity index (χ3v) is 2.89. The minimum Gasteiger partial charge on any atom is -0.321 e. The fourth-order valence-electron chi connectivity index (χ4n) is 1.50. The van der Waals surface area contributed by atoms with Crippen molar-refractivity contribution in [3.8, 4) is 0 Å². The number of hydrogen-bond donors (Lipinski definition) is 1. The van der Waals surface area contributed by atoms with Crippen molar-refractivity contribution in [2.75, 3.05) is 0 Å². The molecule has 2 rings (SSSR count). The molecule has 1 nitrogen and oxygen atoms in total. The first-order chi connectivity index (χ1) is 6.04. The van der Waals surface area contributed by atoms with E-state index < -0.39 is 5.54 Å². The Labute approximate surface area is 81.7 Å². The molecule has 0 bridgehead atoms. The van der Waals surface area contributed by atoms with Gasteiger partial charge in [0.05, 0.1) is 0 Å². The standard InChI is InChI=1S/C10H11ClFN/c1-6-2-3-7(11)8(9(6)12)10(13)4-5-10/h2-3H,4-5,13H2,1H3. The molecule has 0 radical (unpaired) electrons. The van der Waals surface area contributed by atoms with Crippen LogP contribution in [-0.4, -0.2) is 0 Å². The predicted molar refractivity (Wildman–Crippen MR) is 51.2 cm³/mol. The van der Waals surface area contributed by atoms with Crippen LogP contribution in [0.3, 0.4) is 0 Å². The van der Waals surface area contributed by atoms with Crippen molar-refractivity contribution < 1.29 is 4.39 Å². The molecule has 0 spiro atoms. The molecule has 0 aromatic heterocycles. The zero-order valence-electron chi connectivity index (χ0n) is 7.40. The molecule has 13 heavy (non-hydrogen) atoms. The molecule has 1 saturated carbocycles. The Balaban J connectivity index is 2.61. The zero-order valence-corrected chi connectivity index (χ0v) is 8.16. The molecule has 3 heteroatoms. The van der Waals surface area contributed by atoms with Crippen molar-refractivity contribution in [3.63, 3.8) is 0 Å². The van der Waals surface area contributed by atoms with Crippen LogP contribution in [-0.2, 0) is 5.54 Å². The second kappa shape index (κ2) is 2.69. The van der Waals surface area contributed by atoms with Gasteiger partial charge in [0.1, 0.15) is 5.82 Å². The quantitative estimate of drug-likeness (QED) is 0.740. The fraction of sp³-hybridized carbons (Fsp3) is 0.400. The lowest BCUT2D eigenvalue weighted by atomic mass is 10.0. The van der Waals surface area contributed by atoms with Gasteiger partial charge >= 0.3 is 0 Å². The van der Waals surface area contributed by atoms with E-state index in [0.29, 0.717) is 16.1 Å². The smallest absolute Gasteiger partial charge is 0.132 e. The SMILES string of the molecule is Cc1ccc(Cl)c(C2(N)CC2)c1F. The molecule has 1 aliphatic rings. The minimum atomic E-state index is -0.493. The Morgan fingerprint density at radius 3 is 2.62 bits per heavy atom. The molecular weight excluding hydrogens is 189 g/mol. The molecule has 0 heterocycles. The topological polar surface area (TPSA) is 26.0 Å². The van der Waals surface area contributed by atoms with Crippen LogP contribution in [0.4, 0.5) is 4.39 Å². The molecule has 0 unspecified atom stereocenters. The number of aryl methyl sites for hydroxylation is 1. The Morgan fingerprint density at radius 1 is 1.46 bits per heavy atom. The van der Waals surface area contributed by atoms with Crippen LogP contribution in [0.15, 0.2) is 12.1 Å². The predicted octanol–water partition coefficient (Wildman–Crippen LogP) is 2.74. The molecule has 1 fully saturated rings. The molecule has 1 aromatic carbocycles. The highest BCUT2D eigenvalue weighted by Crippen LogP contribution is 2.46. The number of halogens is 2. The van der Waals surface area contributed by atoms with E-state index in [2.05, 4.69) is 0 Å². The highest BCUT2D eigenvalue weighted by atomic mass is 35.5. The summed E-state index contributed by atoms with van der Waals surface area (Å²) in [5.41, 5.74) is 6.52. The Bertz CT molecular complexity index is 358. The van der Waals surface area contributed by atoms with E-state index in [9.17, 15) is 4.39 Å². The molecule has 1 aliphatic carbocycles. The van der Waals surface area contributed by atoms with E-state index in [-0.39, 0.29) is 5.82 Å². The third kappa shape index (κ3) is 1.34. The van der Waals surface area contributed by atoms with Crippen molar-refractivity contribution in [3.05, 3.63) is 34.1 Å². The van der Waals surface area contributed by atoms with Gasteiger partial charge in [-0.05, 0) is 31.4 Å².